The van der Waals surface area contributed by atoms with Gasteiger partial charge in [-0.25, -0.2) is 9.78 Å². The molecule has 94 valence electrons. The molecular formula is C10H14N2O4S. The summed E-state index contributed by atoms with van der Waals surface area (Å²) in [6, 6.07) is 0. The molecule has 0 aliphatic rings. The van der Waals surface area contributed by atoms with Crippen molar-refractivity contribution in [3.63, 3.8) is 0 Å². The van der Waals surface area contributed by atoms with Crippen molar-refractivity contribution in [1.82, 2.24) is 4.98 Å². The van der Waals surface area contributed by atoms with Crippen molar-refractivity contribution in [2.75, 3.05) is 32.2 Å². The maximum Gasteiger partial charge on any atom is 0.356 e. The summed E-state index contributed by atoms with van der Waals surface area (Å²) in [4.78, 5) is 28.1. The molecule has 0 radical (unpaired) electrons. The van der Waals surface area contributed by atoms with E-state index in [-0.39, 0.29) is 16.4 Å². The molecule has 0 atom stereocenters. The van der Waals surface area contributed by atoms with E-state index in [0.29, 0.717) is 18.3 Å². The molecule has 6 nitrogen and oxygen atoms in total. The van der Waals surface area contributed by atoms with Crippen LogP contribution >= 0.6 is 11.3 Å². The van der Waals surface area contributed by atoms with Gasteiger partial charge in [0.1, 0.15) is 4.88 Å². The maximum atomic E-state index is 11.3. The second kappa shape index (κ2) is 5.74. The summed E-state index contributed by atoms with van der Waals surface area (Å²) in [5.41, 5.74) is -0.179. The quantitative estimate of drug-likeness (QED) is 0.770. The molecule has 1 aromatic heterocycles. The number of anilines is 1. The molecule has 0 aliphatic heterocycles. The monoisotopic (exact) mass is 258 g/mol. The predicted octanol–water partition coefficient (Wildman–Crippen LogP) is 1.13. The first-order valence-electron chi connectivity index (χ1n) is 4.92. The summed E-state index contributed by atoms with van der Waals surface area (Å²) in [7, 11) is 3.35. The number of ketones is 1. The SMILES string of the molecule is COCCN(C)c1nc(C(=O)O)c(C(C)=O)s1. The fourth-order valence-corrected chi connectivity index (χ4v) is 2.12. The first-order valence-corrected chi connectivity index (χ1v) is 5.74. The Kier molecular flexibility index (Phi) is 4.59. The van der Waals surface area contributed by atoms with E-state index in [1.165, 1.54) is 6.92 Å². The molecule has 7 heteroatoms. The fraction of sp³-hybridized carbons (Fsp3) is 0.500. The number of carboxylic acids is 1. The first-order chi connectivity index (χ1) is 7.97. The number of thiazole rings is 1. The van der Waals surface area contributed by atoms with Gasteiger partial charge in [0.05, 0.1) is 6.61 Å². The molecule has 0 aromatic carbocycles. The second-order valence-corrected chi connectivity index (χ2v) is 4.43. The number of aromatic carboxylic acids is 1. The van der Waals surface area contributed by atoms with E-state index in [2.05, 4.69) is 4.98 Å². The van der Waals surface area contributed by atoms with Crippen molar-refractivity contribution in [3.05, 3.63) is 10.6 Å². The summed E-state index contributed by atoms with van der Waals surface area (Å²) in [5, 5.41) is 9.44. The van der Waals surface area contributed by atoms with E-state index >= 15 is 0 Å². The van der Waals surface area contributed by atoms with Gasteiger partial charge in [-0.05, 0) is 0 Å². The Morgan fingerprint density at radius 2 is 2.18 bits per heavy atom. The molecule has 0 spiro atoms. The van der Waals surface area contributed by atoms with Crippen molar-refractivity contribution in [2.24, 2.45) is 0 Å². The van der Waals surface area contributed by atoms with E-state index in [4.69, 9.17) is 9.84 Å². The van der Waals surface area contributed by atoms with Crippen LogP contribution in [0.3, 0.4) is 0 Å². The lowest BCUT2D eigenvalue weighted by atomic mass is 10.3. The zero-order valence-corrected chi connectivity index (χ0v) is 10.7. The smallest absolute Gasteiger partial charge is 0.356 e. The van der Waals surface area contributed by atoms with Crippen LogP contribution in [0.2, 0.25) is 0 Å². The van der Waals surface area contributed by atoms with Crippen molar-refractivity contribution in [2.45, 2.75) is 6.92 Å². The lowest BCUT2D eigenvalue weighted by Crippen LogP contribution is -2.21. The fourth-order valence-electron chi connectivity index (χ4n) is 1.18. The number of rotatable bonds is 6. The highest BCUT2D eigenvalue weighted by Gasteiger charge is 2.21. The molecule has 0 saturated heterocycles. The number of hydrogen-bond donors (Lipinski definition) is 1. The maximum absolute atomic E-state index is 11.3. The number of Topliss-reactive ketones (excluding diaryl/α,β-unsaturated/α-hetero) is 1. The van der Waals surface area contributed by atoms with Gasteiger partial charge in [-0.1, -0.05) is 11.3 Å². The normalized spacial score (nSPS) is 10.3. The Bertz CT molecular complexity index is 398. The molecule has 0 unspecified atom stereocenters. The van der Waals surface area contributed by atoms with Crippen molar-refractivity contribution in [1.29, 1.82) is 0 Å². The third kappa shape index (κ3) is 3.24. The first kappa shape index (κ1) is 13.6. The highest BCUT2D eigenvalue weighted by atomic mass is 32.1. The Balaban J connectivity index is 2.99. The van der Waals surface area contributed by atoms with Crippen LogP contribution in [0.4, 0.5) is 5.13 Å². The van der Waals surface area contributed by atoms with Crippen molar-refractivity contribution >= 4 is 28.2 Å². The van der Waals surface area contributed by atoms with Crippen LogP contribution in [0.25, 0.3) is 0 Å². The van der Waals surface area contributed by atoms with Crippen LogP contribution in [0.5, 0.6) is 0 Å². The van der Waals surface area contributed by atoms with E-state index < -0.39 is 5.97 Å². The van der Waals surface area contributed by atoms with Gasteiger partial charge in [0, 0.05) is 27.6 Å². The molecular weight excluding hydrogens is 244 g/mol. The van der Waals surface area contributed by atoms with E-state index in [1.807, 2.05) is 0 Å². The molecule has 1 rings (SSSR count). The zero-order chi connectivity index (χ0) is 13.0. The number of carboxylic acid groups (broad SMARTS) is 1. The van der Waals surface area contributed by atoms with Crippen LogP contribution < -0.4 is 4.90 Å². The van der Waals surface area contributed by atoms with Gasteiger partial charge in [0.25, 0.3) is 0 Å². The van der Waals surface area contributed by atoms with E-state index in [0.717, 1.165) is 11.3 Å². The lowest BCUT2D eigenvalue weighted by molar-refractivity contribution is 0.0687. The molecule has 17 heavy (non-hydrogen) atoms. The van der Waals surface area contributed by atoms with E-state index in [1.54, 1.807) is 19.1 Å². The standard InChI is InChI=1S/C10H14N2O4S/c1-6(13)8-7(9(14)15)11-10(17-8)12(2)4-5-16-3/h4-5H2,1-3H3,(H,14,15). The van der Waals surface area contributed by atoms with Crippen LogP contribution in [0.1, 0.15) is 27.1 Å². The Morgan fingerprint density at radius 1 is 1.53 bits per heavy atom. The third-order valence-electron chi connectivity index (χ3n) is 2.10. The average Bonchev–Trinajstić information content (AvgIpc) is 2.70. The number of aromatic nitrogens is 1. The topological polar surface area (TPSA) is 79.7 Å². The molecule has 0 aliphatic carbocycles. The van der Waals surface area contributed by atoms with Gasteiger partial charge in [-0.2, -0.15) is 0 Å². The van der Waals surface area contributed by atoms with E-state index in [9.17, 15) is 9.59 Å². The number of carbonyl (C=O) groups is 2. The van der Waals surface area contributed by atoms with Gasteiger partial charge >= 0.3 is 5.97 Å². The Hall–Kier alpha value is -1.47. The number of hydrogen-bond acceptors (Lipinski definition) is 6. The van der Waals surface area contributed by atoms with Crippen molar-refractivity contribution in [3.8, 4) is 0 Å². The summed E-state index contributed by atoms with van der Waals surface area (Å²) in [5.74, 6) is -1.47. The summed E-state index contributed by atoms with van der Waals surface area (Å²) < 4.78 is 4.92. The molecule has 0 bridgehead atoms. The molecule has 0 saturated carbocycles. The Labute approximate surface area is 103 Å². The largest absolute Gasteiger partial charge is 0.476 e. The van der Waals surface area contributed by atoms with Crippen LogP contribution in [-0.2, 0) is 4.74 Å². The minimum atomic E-state index is -1.18. The third-order valence-corrected chi connectivity index (χ3v) is 3.37. The number of nitrogens with zero attached hydrogens (tertiary/aromatic N) is 2. The van der Waals surface area contributed by atoms with Crippen LogP contribution in [0.15, 0.2) is 0 Å². The average molecular weight is 258 g/mol. The lowest BCUT2D eigenvalue weighted by Gasteiger charge is -2.14. The summed E-state index contributed by atoms with van der Waals surface area (Å²) in [6.45, 7) is 2.42. The predicted molar refractivity (Wildman–Crippen MR) is 64.2 cm³/mol. The Morgan fingerprint density at radius 3 is 2.59 bits per heavy atom. The number of methoxy groups -OCH3 is 1. The van der Waals surface area contributed by atoms with Crippen LogP contribution in [0, 0.1) is 0 Å². The zero-order valence-electron chi connectivity index (χ0n) is 9.89. The van der Waals surface area contributed by atoms with Gasteiger partial charge in [0.2, 0.25) is 0 Å². The van der Waals surface area contributed by atoms with Gasteiger partial charge in [-0.15, -0.1) is 0 Å². The molecule has 1 N–H and O–H groups in total. The number of carbonyl (C=O) groups excluding carboxylic acids is 1. The second-order valence-electron chi connectivity index (χ2n) is 3.45. The molecule has 0 amide bonds. The van der Waals surface area contributed by atoms with Crippen molar-refractivity contribution < 1.29 is 19.4 Å². The highest BCUT2D eigenvalue weighted by Crippen LogP contribution is 2.26. The highest BCUT2D eigenvalue weighted by molar-refractivity contribution is 7.17. The van der Waals surface area contributed by atoms with Crippen LogP contribution in [-0.4, -0.2) is 49.2 Å². The van der Waals surface area contributed by atoms with Gasteiger partial charge in [0.15, 0.2) is 16.6 Å². The minimum absolute atomic E-state index is 0.178. The van der Waals surface area contributed by atoms with Gasteiger partial charge in [-0.3, -0.25) is 4.79 Å². The van der Waals surface area contributed by atoms with Gasteiger partial charge < -0.3 is 14.7 Å². The number of ether oxygens (including phenoxy) is 1. The molecule has 1 heterocycles. The summed E-state index contributed by atoms with van der Waals surface area (Å²) >= 11 is 1.08. The minimum Gasteiger partial charge on any atom is -0.476 e. The molecule has 1 aromatic rings. The molecule has 0 fully saturated rings. The number of likely N-dealkylation sites (N-methyl/N-ethyl adjacent to an activating group) is 1. The summed E-state index contributed by atoms with van der Waals surface area (Å²) in [6.07, 6.45) is 0.